The van der Waals surface area contributed by atoms with Gasteiger partial charge in [-0.05, 0) is 43.9 Å². The molecule has 134 valence electrons. The fraction of sp³-hybridized carbons (Fsp3) is 0.368. The van der Waals surface area contributed by atoms with E-state index in [1.54, 1.807) is 23.5 Å². The Labute approximate surface area is 156 Å². The smallest absolute Gasteiger partial charge is 0.294 e. The third-order valence-corrected chi connectivity index (χ3v) is 6.21. The van der Waals surface area contributed by atoms with Gasteiger partial charge in [-0.15, -0.1) is 0 Å². The molecule has 0 atom stereocenters. The number of aryl methyl sites for hydroxylation is 1. The third kappa shape index (κ3) is 3.14. The van der Waals surface area contributed by atoms with Gasteiger partial charge in [-0.25, -0.2) is 9.78 Å². The van der Waals surface area contributed by atoms with Crippen LogP contribution in [0.1, 0.15) is 37.6 Å². The highest BCUT2D eigenvalue weighted by molar-refractivity contribution is 7.19. The van der Waals surface area contributed by atoms with E-state index < -0.39 is 0 Å². The minimum Gasteiger partial charge on any atom is -0.294 e. The molecule has 1 saturated carbocycles. The minimum atomic E-state index is -0.203. The summed E-state index contributed by atoms with van der Waals surface area (Å²) in [5, 5.41) is 3.48. The summed E-state index contributed by atoms with van der Waals surface area (Å²) < 4.78 is 0. The van der Waals surface area contributed by atoms with Gasteiger partial charge in [0.15, 0.2) is 5.13 Å². The molecule has 0 bridgehead atoms. The highest BCUT2D eigenvalue weighted by atomic mass is 32.1. The predicted octanol–water partition coefficient (Wildman–Crippen LogP) is 4.34. The van der Waals surface area contributed by atoms with Crippen molar-refractivity contribution in [1.82, 2.24) is 14.9 Å². The van der Waals surface area contributed by atoms with Crippen LogP contribution in [0.25, 0.3) is 10.4 Å². The number of rotatable bonds is 4. The lowest BCUT2D eigenvalue weighted by molar-refractivity contribution is 0.232. The maximum atomic E-state index is 12.3. The molecule has 7 heteroatoms. The molecular weight excluding hydrogens is 346 g/mol. The van der Waals surface area contributed by atoms with Crippen molar-refractivity contribution in [3.63, 3.8) is 0 Å². The van der Waals surface area contributed by atoms with Crippen molar-refractivity contribution in [2.75, 3.05) is 11.9 Å². The first-order valence-electron chi connectivity index (χ1n) is 8.81. The van der Waals surface area contributed by atoms with Crippen molar-refractivity contribution >= 4 is 28.7 Å². The summed E-state index contributed by atoms with van der Waals surface area (Å²) in [6.45, 7) is 4.67. The molecule has 2 amide bonds. The van der Waals surface area contributed by atoms with Crippen LogP contribution in [0, 0.1) is 6.92 Å². The van der Waals surface area contributed by atoms with Gasteiger partial charge in [0.25, 0.3) is 0 Å². The van der Waals surface area contributed by atoms with E-state index in [-0.39, 0.29) is 11.4 Å². The summed E-state index contributed by atoms with van der Waals surface area (Å²) in [5.41, 5.74) is 3.48. The number of hydrogen-bond acceptors (Lipinski definition) is 5. The first kappa shape index (κ1) is 16.9. The number of carbonyl (C=O) groups is 1. The largest absolute Gasteiger partial charge is 0.328 e. The Kier molecular flexibility index (Phi) is 4.32. The standard InChI is InChI=1S/C19H21N5OS/c1-3-19(5-6-19)15-12-14(4-7-21-15)16-13(2)22-17(26-16)23-18(25)24-10-8-20-9-11-24/h4,7-10,12H,3,5-6,11H2,1-2H3,(H,22,23,25). The molecule has 1 aliphatic carbocycles. The molecule has 0 aromatic carbocycles. The van der Waals surface area contributed by atoms with Crippen LogP contribution >= 0.6 is 11.3 Å². The summed E-state index contributed by atoms with van der Waals surface area (Å²) in [7, 11) is 0. The summed E-state index contributed by atoms with van der Waals surface area (Å²) >= 11 is 1.50. The number of pyridine rings is 1. The lowest BCUT2D eigenvalue weighted by Gasteiger charge is -2.17. The van der Waals surface area contributed by atoms with Crippen LogP contribution in [0.5, 0.6) is 0 Å². The van der Waals surface area contributed by atoms with Gasteiger partial charge in [-0.3, -0.25) is 20.2 Å². The van der Waals surface area contributed by atoms with Crippen LogP contribution in [0.2, 0.25) is 0 Å². The van der Waals surface area contributed by atoms with E-state index in [9.17, 15) is 4.79 Å². The first-order valence-corrected chi connectivity index (χ1v) is 9.63. The van der Waals surface area contributed by atoms with E-state index in [4.69, 9.17) is 0 Å². The molecule has 26 heavy (non-hydrogen) atoms. The number of carbonyl (C=O) groups excluding carboxylic acids is 1. The monoisotopic (exact) mass is 367 g/mol. The molecule has 4 rings (SSSR count). The Morgan fingerprint density at radius 1 is 1.42 bits per heavy atom. The van der Waals surface area contributed by atoms with Crippen LogP contribution < -0.4 is 5.32 Å². The average molecular weight is 367 g/mol. The second kappa shape index (κ2) is 6.64. The SMILES string of the molecule is CCC1(c2cc(-c3sc(NC(=O)N4C=CN=CC4)nc3C)ccn2)CC1. The van der Waals surface area contributed by atoms with Crippen molar-refractivity contribution in [1.29, 1.82) is 0 Å². The van der Waals surface area contributed by atoms with Crippen LogP contribution in [-0.2, 0) is 5.41 Å². The maximum Gasteiger partial charge on any atom is 0.328 e. The zero-order valence-electron chi connectivity index (χ0n) is 14.9. The Morgan fingerprint density at radius 2 is 2.27 bits per heavy atom. The number of aromatic nitrogens is 2. The molecule has 1 N–H and O–H groups in total. The average Bonchev–Trinajstić information content (AvgIpc) is 3.40. The highest BCUT2D eigenvalue weighted by Gasteiger charge is 2.43. The van der Waals surface area contributed by atoms with Gasteiger partial charge in [-0.1, -0.05) is 18.3 Å². The normalized spacial score (nSPS) is 17.4. The van der Waals surface area contributed by atoms with Gasteiger partial charge in [0.1, 0.15) is 0 Å². The summed E-state index contributed by atoms with van der Waals surface area (Å²) in [5.74, 6) is 0. The molecule has 0 saturated heterocycles. The van der Waals surface area contributed by atoms with Crippen molar-refractivity contribution in [2.45, 2.75) is 38.5 Å². The molecule has 2 aromatic heterocycles. The van der Waals surface area contributed by atoms with Crippen LogP contribution in [-0.4, -0.2) is 33.7 Å². The quantitative estimate of drug-likeness (QED) is 0.873. The van der Waals surface area contributed by atoms with Gasteiger partial charge in [-0.2, -0.15) is 0 Å². The number of nitrogens with one attached hydrogen (secondary N) is 1. The van der Waals surface area contributed by atoms with E-state index in [1.165, 1.54) is 29.9 Å². The van der Waals surface area contributed by atoms with E-state index in [0.717, 1.165) is 22.6 Å². The number of aliphatic imine (C=N–C) groups is 1. The van der Waals surface area contributed by atoms with Crippen LogP contribution in [0.4, 0.5) is 9.93 Å². The Balaban J connectivity index is 1.55. The zero-order chi connectivity index (χ0) is 18.1. The second-order valence-electron chi connectivity index (χ2n) is 6.71. The van der Waals surface area contributed by atoms with E-state index in [0.29, 0.717) is 11.7 Å². The predicted molar refractivity (Wildman–Crippen MR) is 105 cm³/mol. The molecule has 1 fully saturated rings. The Bertz CT molecular complexity index is 897. The molecule has 0 spiro atoms. The lowest BCUT2D eigenvalue weighted by atomic mass is 9.97. The van der Waals surface area contributed by atoms with Crippen molar-refractivity contribution in [2.24, 2.45) is 4.99 Å². The zero-order valence-corrected chi connectivity index (χ0v) is 15.7. The Morgan fingerprint density at radius 3 is 2.96 bits per heavy atom. The van der Waals surface area contributed by atoms with E-state index in [1.807, 2.05) is 19.2 Å². The van der Waals surface area contributed by atoms with Crippen LogP contribution in [0.3, 0.4) is 0 Å². The topological polar surface area (TPSA) is 70.5 Å². The lowest BCUT2D eigenvalue weighted by Crippen LogP contribution is -2.32. The van der Waals surface area contributed by atoms with Gasteiger partial charge < -0.3 is 0 Å². The van der Waals surface area contributed by atoms with Gasteiger partial charge in [0.05, 0.1) is 17.1 Å². The first-order chi connectivity index (χ1) is 12.6. The highest BCUT2D eigenvalue weighted by Crippen LogP contribution is 2.50. The van der Waals surface area contributed by atoms with Gasteiger partial charge in [0.2, 0.25) is 0 Å². The molecule has 2 aliphatic rings. The molecule has 0 radical (unpaired) electrons. The molecule has 1 aliphatic heterocycles. The number of amides is 2. The van der Waals surface area contributed by atoms with Crippen LogP contribution in [0.15, 0.2) is 35.7 Å². The third-order valence-electron chi connectivity index (χ3n) is 5.08. The molecular formula is C19H21N5OS. The number of urea groups is 1. The van der Waals surface area contributed by atoms with Crippen molar-refractivity contribution in [3.8, 4) is 10.4 Å². The molecule has 0 unspecified atom stereocenters. The molecule has 3 heterocycles. The minimum absolute atomic E-state index is 0.203. The van der Waals surface area contributed by atoms with Crippen molar-refractivity contribution in [3.05, 3.63) is 42.1 Å². The number of thiazole rings is 1. The fourth-order valence-corrected chi connectivity index (χ4v) is 4.16. The summed E-state index contributed by atoms with van der Waals surface area (Å²) in [6, 6.07) is 4.00. The van der Waals surface area contributed by atoms with Gasteiger partial charge >= 0.3 is 6.03 Å². The van der Waals surface area contributed by atoms with E-state index in [2.05, 4.69) is 33.3 Å². The molecule has 2 aromatic rings. The summed E-state index contributed by atoms with van der Waals surface area (Å²) in [4.78, 5) is 28.1. The van der Waals surface area contributed by atoms with Crippen molar-refractivity contribution < 1.29 is 4.79 Å². The number of nitrogens with zero attached hydrogens (tertiary/aromatic N) is 4. The maximum absolute atomic E-state index is 12.3. The van der Waals surface area contributed by atoms with Gasteiger partial charge in [0, 0.05) is 35.9 Å². The summed E-state index contributed by atoms with van der Waals surface area (Å²) in [6.07, 6.45) is 10.4. The Hall–Kier alpha value is -2.54. The van der Waals surface area contributed by atoms with E-state index >= 15 is 0 Å². The second-order valence-corrected chi connectivity index (χ2v) is 7.71. The fourth-order valence-electron chi connectivity index (χ4n) is 3.21. The number of hydrogen-bond donors (Lipinski definition) is 1. The molecule has 6 nitrogen and oxygen atoms in total. The number of anilines is 1.